The molecule has 8 heteroatoms. The summed E-state index contributed by atoms with van der Waals surface area (Å²) in [5, 5.41) is 13.0. The lowest BCUT2D eigenvalue weighted by atomic mass is 10.1. The molecule has 0 saturated carbocycles. The van der Waals surface area contributed by atoms with Crippen LogP contribution in [0.2, 0.25) is 0 Å². The number of aromatic nitrogens is 1. The highest BCUT2D eigenvalue weighted by Gasteiger charge is 2.17. The number of aryl methyl sites for hydroxylation is 1. The van der Waals surface area contributed by atoms with E-state index in [-0.39, 0.29) is 18.1 Å². The molecule has 1 aromatic carbocycles. The molecule has 0 aliphatic rings. The number of oxazole rings is 1. The first-order valence-electron chi connectivity index (χ1n) is 5.61. The van der Waals surface area contributed by atoms with Crippen LogP contribution in [0.25, 0.3) is 0 Å². The SMILES string of the molecule is Cc1cnc(CNC(=O)c2cc([N+](=O)[O-])ccc2F)o1. The molecule has 20 heavy (non-hydrogen) atoms. The van der Waals surface area contributed by atoms with Gasteiger partial charge in [-0.15, -0.1) is 0 Å². The Morgan fingerprint density at radius 1 is 1.55 bits per heavy atom. The fourth-order valence-electron chi connectivity index (χ4n) is 1.54. The molecule has 7 nitrogen and oxygen atoms in total. The van der Waals surface area contributed by atoms with E-state index in [9.17, 15) is 19.3 Å². The minimum atomic E-state index is -0.836. The average molecular weight is 279 g/mol. The molecule has 1 heterocycles. The van der Waals surface area contributed by atoms with Gasteiger partial charge in [0, 0.05) is 12.1 Å². The smallest absolute Gasteiger partial charge is 0.270 e. The van der Waals surface area contributed by atoms with E-state index in [2.05, 4.69) is 10.3 Å². The van der Waals surface area contributed by atoms with Crippen LogP contribution in [0.5, 0.6) is 0 Å². The van der Waals surface area contributed by atoms with Crippen molar-refractivity contribution in [2.75, 3.05) is 0 Å². The van der Waals surface area contributed by atoms with E-state index in [1.807, 2.05) is 0 Å². The molecule has 0 radical (unpaired) electrons. The maximum atomic E-state index is 13.5. The van der Waals surface area contributed by atoms with E-state index in [4.69, 9.17) is 4.42 Å². The number of carbonyl (C=O) groups excluding carboxylic acids is 1. The number of nitro benzene ring substituents is 1. The molecule has 0 atom stereocenters. The van der Waals surface area contributed by atoms with Gasteiger partial charge in [0.05, 0.1) is 23.2 Å². The number of non-ortho nitro benzene ring substituents is 1. The summed E-state index contributed by atoms with van der Waals surface area (Å²) in [5.41, 5.74) is -0.758. The van der Waals surface area contributed by atoms with Gasteiger partial charge in [0.2, 0.25) is 5.89 Å². The summed E-state index contributed by atoms with van der Waals surface area (Å²) in [6.07, 6.45) is 1.48. The van der Waals surface area contributed by atoms with Gasteiger partial charge >= 0.3 is 0 Å². The summed E-state index contributed by atoms with van der Waals surface area (Å²) < 4.78 is 18.6. The zero-order valence-electron chi connectivity index (χ0n) is 10.4. The molecule has 1 aromatic heterocycles. The van der Waals surface area contributed by atoms with Crippen molar-refractivity contribution in [3.8, 4) is 0 Å². The standard InChI is InChI=1S/C12H10FN3O4/c1-7-5-14-11(20-7)6-15-12(17)9-4-8(16(18)19)2-3-10(9)13/h2-5H,6H2,1H3,(H,15,17). The van der Waals surface area contributed by atoms with E-state index in [0.717, 1.165) is 18.2 Å². The van der Waals surface area contributed by atoms with E-state index < -0.39 is 22.2 Å². The van der Waals surface area contributed by atoms with Crippen molar-refractivity contribution in [1.29, 1.82) is 0 Å². The Balaban J connectivity index is 2.12. The highest BCUT2D eigenvalue weighted by atomic mass is 19.1. The van der Waals surface area contributed by atoms with Gasteiger partial charge in [0.25, 0.3) is 11.6 Å². The average Bonchev–Trinajstić information content (AvgIpc) is 2.82. The number of hydrogen-bond donors (Lipinski definition) is 1. The van der Waals surface area contributed by atoms with Crippen molar-refractivity contribution in [1.82, 2.24) is 10.3 Å². The Kier molecular flexibility index (Phi) is 3.74. The minimum absolute atomic E-state index is 0.0329. The van der Waals surface area contributed by atoms with Crippen LogP contribution in [-0.4, -0.2) is 15.8 Å². The topological polar surface area (TPSA) is 98.3 Å². The molecule has 2 aromatic rings. The Bertz CT molecular complexity index is 668. The van der Waals surface area contributed by atoms with Crippen molar-refractivity contribution in [3.63, 3.8) is 0 Å². The molecule has 2 rings (SSSR count). The van der Waals surface area contributed by atoms with Crippen LogP contribution >= 0.6 is 0 Å². The van der Waals surface area contributed by atoms with Crippen molar-refractivity contribution in [2.45, 2.75) is 13.5 Å². The molecule has 0 aliphatic heterocycles. The summed E-state index contributed by atoms with van der Waals surface area (Å²) in [6.45, 7) is 1.66. The number of benzene rings is 1. The van der Waals surface area contributed by atoms with Crippen LogP contribution in [-0.2, 0) is 6.54 Å². The van der Waals surface area contributed by atoms with Gasteiger partial charge in [0.15, 0.2) is 0 Å². The van der Waals surface area contributed by atoms with Crippen molar-refractivity contribution >= 4 is 11.6 Å². The number of nitrogens with one attached hydrogen (secondary N) is 1. The lowest BCUT2D eigenvalue weighted by molar-refractivity contribution is -0.384. The number of nitro groups is 1. The van der Waals surface area contributed by atoms with Crippen molar-refractivity contribution in [2.24, 2.45) is 0 Å². The molecular formula is C12H10FN3O4. The van der Waals surface area contributed by atoms with Crippen LogP contribution in [0.1, 0.15) is 22.0 Å². The summed E-state index contributed by atoms with van der Waals surface area (Å²) in [7, 11) is 0. The number of halogens is 1. The van der Waals surface area contributed by atoms with Gasteiger partial charge in [-0.05, 0) is 13.0 Å². The van der Waals surface area contributed by atoms with Crippen LogP contribution in [0.15, 0.2) is 28.8 Å². The van der Waals surface area contributed by atoms with Crippen LogP contribution in [0.4, 0.5) is 10.1 Å². The first-order valence-corrected chi connectivity index (χ1v) is 5.61. The normalized spacial score (nSPS) is 10.3. The Labute approximate surface area is 112 Å². The van der Waals surface area contributed by atoms with E-state index >= 15 is 0 Å². The third-order valence-corrected chi connectivity index (χ3v) is 2.47. The zero-order chi connectivity index (χ0) is 14.7. The van der Waals surface area contributed by atoms with Gasteiger partial charge in [-0.25, -0.2) is 9.37 Å². The molecule has 0 bridgehead atoms. The predicted octanol–water partition coefficient (Wildman–Crippen LogP) is 1.96. The number of rotatable bonds is 4. The monoisotopic (exact) mass is 279 g/mol. The lowest BCUT2D eigenvalue weighted by Crippen LogP contribution is -2.24. The first kappa shape index (κ1) is 13.7. The van der Waals surface area contributed by atoms with Crippen LogP contribution in [0.3, 0.4) is 0 Å². The van der Waals surface area contributed by atoms with E-state index in [1.165, 1.54) is 6.20 Å². The zero-order valence-corrected chi connectivity index (χ0v) is 10.4. The van der Waals surface area contributed by atoms with Crippen molar-refractivity contribution in [3.05, 3.63) is 57.5 Å². The fourth-order valence-corrected chi connectivity index (χ4v) is 1.54. The third kappa shape index (κ3) is 2.97. The number of hydrogen-bond acceptors (Lipinski definition) is 5. The van der Waals surface area contributed by atoms with Gasteiger partial charge in [-0.2, -0.15) is 0 Å². The fraction of sp³-hybridized carbons (Fsp3) is 0.167. The molecule has 0 spiro atoms. The van der Waals surface area contributed by atoms with Gasteiger partial charge in [-0.1, -0.05) is 0 Å². The van der Waals surface area contributed by atoms with E-state index in [0.29, 0.717) is 5.76 Å². The second-order valence-corrected chi connectivity index (χ2v) is 3.97. The summed E-state index contributed by atoms with van der Waals surface area (Å²) in [6, 6.07) is 2.75. The predicted molar refractivity (Wildman–Crippen MR) is 65.5 cm³/mol. The van der Waals surface area contributed by atoms with Gasteiger partial charge < -0.3 is 9.73 Å². The quantitative estimate of drug-likeness (QED) is 0.681. The first-order chi connectivity index (χ1) is 9.47. The maximum Gasteiger partial charge on any atom is 0.270 e. The third-order valence-electron chi connectivity index (χ3n) is 2.47. The summed E-state index contributed by atoms with van der Waals surface area (Å²) in [4.78, 5) is 25.5. The van der Waals surface area contributed by atoms with Crippen LogP contribution in [0, 0.1) is 22.9 Å². The Morgan fingerprint density at radius 2 is 2.30 bits per heavy atom. The van der Waals surface area contributed by atoms with Crippen molar-refractivity contribution < 1.29 is 18.5 Å². The van der Waals surface area contributed by atoms with Gasteiger partial charge in [-0.3, -0.25) is 14.9 Å². The summed E-state index contributed by atoms with van der Waals surface area (Å²) in [5.74, 6) is -0.767. The molecular weight excluding hydrogens is 269 g/mol. The number of amides is 1. The molecule has 104 valence electrons. The molecule has 0 unspecified atom stereocenters. The highest BCUT2D eigenvalue weighted by molar-refractivity contribution is 5.95. The lowest BCUT2D eigenvalue weighted by Gasteiger charge is -2.04. The highest BCUT2D eigenvalue weighted by Crippen LogP contribution is 2.16. The number of carbonyl (C=O) groups is 1. The molecule has 1 amide bonds. The molecule has 1 N–H and O–H groups in total. The second kappa shape index (κ2) is 5.47. The second-order valence-electron chi connectivity index (χ2n) is 3.97. The maximum absolute atomic E-state index is 13.5. The Hall–Kier alpha value is -2.77. The molecule has 0 fully saturated rings. The van der Waals surface area contributed by atoms with Crippen LogP contribution < -0.4 is 5.32 Å². The molecule has 0 aliphatic carbocycles. The van der Waals surface area contributed by atoms with E-state index in [1.54, 1.807) is 6.92 Å². The number of nitrogens with zero attached hydrogens (tertiary/aromatic N) is 2. The van der Waals surface area contributed by atoms with Gasteiger partial charge in [0.1, 0.15) is 11.6 Å². The minimum Gasteiger partial charge on any atom is -0.444 e. The largest absolute Gasteiger partial charge is 0.444 e. The molecule has 0 saturated heterocycles. The summed E-state index contributed by atoms with van der Waals surface area (Å²) >= 11 is 0. The Morgan fingerprint density at radius 3 is 2.90 bits per heavy atom.